The number of fused-ring (bicyclic) bond motifs is 3. The molecule has 4 aromatic rings. The minimum Gasteiger partial charge on any atom is -0.0870 e. The summed E-state index contributed by atoms with van der Waals surface area (Å²) in [6, 6.07) is 54.9. The van der Waals surface area contributed by atoms with Gasteiger partial charge in [0, 0.05) is 5.41 Å². The van der Waals surface area contributed by atoms with Gasteiger partial charge in [-0.1, -0.05) is 178 Å². The molecule has 0 aromatic heterocycles. The lowest BCUT2D eigenvalue weighted by Crippen LogP contribution is -2.16. The fourth-order valence-corrected chi connectivity index (χ4v) is 6.87. The van der Waals surface area contributed by atoms with Crippen LogP contribution < -0.4 is 0 Å². The molecule has 0 aliphatic heterocycles. The van der Waals surface area contributed by atoms with Crippen LogP contribution in [-0.2, 0) is 5.41 Å². The molecule has 0 saturated heterocycles. The van der Waals surface area contributed by atoms with Crippen molar-refractivity contribution >= 4 is 21.9 Å². The molecule has 0 heteroatoms. The highest BCUT2D eigenvalue weighted by molar-refractivity contribution is 6.07. The molecule has 7 rings (SSSR count). The monoisotopic (exact) mass is 564 g/mol. The Morgan fingerprint density at radius 3 is 1.73 bits per heavy atom. The van der Waals surface area contributed by atoms with Gasteiger partial charge in [-0.3, -0.25) is 0 Å². The Hall–Kier alpha value is -5.20. The molecule has 3 aliphatic rings. The van der Waals surface area contributed by atoms with Crippen molar-refractivity contribution < 1.29 is 0 Å². The molecule has 0 amide bonds. The van der Waals surface area contributed by atoms with Crippen molar-refractivity contribution in [3.63, 3.8) is 0 Å². The molecule has 44 heavy (non-hydrogen) atoms. The lowest BCUT2D eigenvalue weighted by atomic mass is 9.78. The SMILES string of the molecule is C/C=C\C1=C(c2cccccc3c(-c4ccc(-c5cccc6ccccc56)cc4)c-3ccccc2)C(C)(C)c2ccccc21. The second-order valence-electron chi connectivity index (χ2n) is 12.0. The van der Waals surface area contributed by atoms with Gasteiger partial charge < -0.3 is 0 Å². The van der Waals surface area contributed by atoms with E-state index in [1.54, 1.807) is 0 Å². The van der Waals surface area contributed by atoms with E-state index < -0.39 is 0 Å². The number of rotatable bonds is 4. The molecule has 0 unspecified atom stereocenters. The van der Waals surface area contributed by atoms with E-state index in [0.29, 0.717) is 0 Å². The van der Waals surface area contributed by atoms with Gasteiger partial charge in [-0.05, 0) is 78.9 Å². The molecular weight excluding hydrogens is 528 g/mol. The average molecular weight is 565 g/mol. The topological polar surface area (TPSA) is 0 Å². The Kier molecular flexibility index (Phi) is 7.20. The highest BCUT2D eigenvalue weighted by Gasteiger charge is 2.37. The molecule has 0 radical (unpaired) electrons. The van der Waals surface area contributed by atoms with Crippen molar-refractivity contribution in [3.8, 4) is 33.4 Å². The van der Waals surface area contributed by atoms with Crippen molar-refractivity contribution in [1.82, 2.24) is 0 Å². The summed E-state index contributed by atoms with van der Waals surface area (Å²) in [5.41, 5.74) is 14.2. The molecule has 0 saturated carbocycles. The van der Waals surface area contributed by atoms with Gasteiger partial charge in [-0.25, -0.2) is 0 Å². The molecule has 0 fully saturated rings. The van der Waals surface area contributed by atoms with Gasteiger partial charge in [0.2, 0.25) is 0 Å². The molecule has 0 N–H and O–H groups in total. The summed E-state index contributed by atoms with van der Waals surface area (Å²) in [6.45, 7) is 6.78. The third-order valence-electron chi connectivity index (χ3n) is 8.97. The fourth-order valence-electron chi connectivity index (χ4n) is 6.87. The smallest absolute Gasteiger partial charge is 0.0164 e. The first-order chi connectivity index (χ1) is 21.6. The van der Waals surface area contributed by atoms with Crippen LogP contribution in [0.15, 0.2) is 164 Å². The zero-order valence-electron chi connectivity index (χ0n) is 25.6. The van der Waals surface area contributed by atoms with Crippen LogP contribution in [0.4, 0.5) is 0 Å². The highest BCUT2D eigenvalue weighted by Crippen LogP contribution is 2.51. The minimum atomic E-state index is -0.0879. The molecule has 0 atom stereocenters. The first kappa shape index (κ1) is 27.6. The maximum atomic E-state index is 2.34. The Balaban J connectivity index is 1.24. The molecule has 4 aromatic carbocycles. The lowest BCUT2D eigenvalue weighted by Gasteiger charge is -2.25. The first-order valence-corrected chi connectivity index (χ1v) is 15.5. The van der Waals surface area contributed by atoms with Gasteiger partial charge in [0.05, 0.1) is 0 Å². The number of hydrogen-bond donors (Lipinski definition) is 0. The Morgan fingerprint density at radius 2 is 1.00 bits per heavy atom. The maximum Gasteiger partial charge on any atom is 0.0164 e. The van der Waals surface area contributed by atoms with Crippen LogP contribution in [0.3, 0.4) is 0 Å². The predicted octanol–water partition coefficient (Wildman–Crippen LogP) is 12.2. The average Bonchev–Trinajstić information content (AvgIpc) is 3.68. The summed E-state index contributed by atoms with van der Waals surface area (Å²) in [7, 11) is 0. The van der Waals surface area contributed by atoms with E-state index in [4.69, 9.17) is 0 Å². The van der Waals surface area contributed by atoms with Crippen LogP contribution in [0.5, 0.6) is 0 Å². The van der Waals surface area contributed by atoms with Crippen molar-refractivity contribution in [2.75, 3.05) is 0 Å². The molecule has 0 bridgehead atoms. The van der Waals surface area contributed by atoms with Gasteiger partial charge in [0.1, 0.15) is 0 Å². The van der Waals surface area contributed by atoms with Crippen LogP contribution in [0.1, 0.15) is 37.5 Å². The third-order valence-corrected chi connectivity index (χ3v) is 8.97. The predicted molar refractivity (Wildman–Crippen MR) is 190 cm³/mol. The zero-order chi connectivity index (χ0) is 30.1. The van der Waals surface area contributed by atoms with Gasteiger partial charge in [-0.15, -0.1) is 0 Å². The van der Waals surface area contributed by atoms with E-state index in [-0.39, 0.29) is 5.41 Å². The van der Waals surface area contributed by atoms with E-state index in [1.165, 1.54) is 72.0 Å². The standard InChI is InChI=1S/C44H36/c1-4-16-40-37-22-13-14-26-41(37)44(2,3)43(40)34-18-7-5-9-23-38-39(24-10-6-8-19-34)42(38)33-29-27-32(28-30-33)36-25-15-20-31-17-11-12-21-35(31)36/h4-30H,1-3H3/b7-5?,8-6?,9-5?,10-6?,16-4-,18-7?,19-8?,23-9?,24-10?,34-18?,34-19?,38-23?,39-24?. The Morgan fingerprint density at radius 1 is 0.455 bits per heavy atom. The maximum absolute atomic E-state index is 2.34. The first-order valence-electron chi connectivity index (χ1n) is 15.5. The van der Waals surface area contributed by atoms with Crippen LogP contribution in [0.2, 0.25) is 0 Å². The molecule has 3 aliphatic carbocycles. The quantitative estimate of drug-likeness (QED) is 0.200. The van der Waals surface area contributed by atoms with Crippen LogP contribution >= 0.6 is 0 Å². The summed E-state index contributed by atoms with van der Waals surface area (Å²) < 4.78 is 0. The summed E-state index contributed by atoms with van der Waals surface area (Å²) in [6.07, 6.45) is 4.41. The van der Waals surface area contributed by atoms with E-state index in [9.17, 15) is 0 Å². The van der Waals surface area contributed by atoms with E-state index in [0.717, 1.165) is 0 Å². The van der Waals surface area contributed by atoms with Crippen molar-refractivity contribution in [2.45, 2.75) is 26.2 Å². The third kappa shape index (κ3) is 4.93. The zero-order valence-corrected chi connectivity index (χ0v) is 25.6. The van der Waals surface area contributed by atoms with Crippen molar-refractivity contribution in [2.24, 2.45) is 0 Å². The summed E-state index contributed by atoms with van der Waals surface area (Å²) in [5, 5.41) is 2.56. The van der Waals surface area contributed by atoms with Crippen molar-refractivity contribution in [1.29, 1.82) is 0 Å². The second-order valence-corrected chi connectivity index (χ2v) is 12.0. The lowest BCUT2D eigenvalue weighted by molar-refractivity contribution is 0.704. The fraction of sp³-hybridized carbons (Fsp3) is 0.0909. The molecular formula is C44H36. The van der Waals surface area contributed by atoms with Crippen molar-refractivity contribution in [3.05, 3.63) is 181 Å². The summed E-state index contributed by atoms with van der Waals surface area (Å²) >= 11 is 0. The van der Waals surface area contributed by atoms with E-state index in [2.05, 4.69) is 185 Å². The largest absolute Gasteiger partial charge is 0.0870 e. The van der Waals surface area contributed by atoms with Crippen LogP contribution in [0.25, 0.3) is 55.3 Å². The normalized spacial score (nSPS) is 13.8. The minimum absolute atomic E-state index is 0.0879. The van der Waals surface area contributed by atoms with Gasteiger partial charge in [0.15, 0.2) is 0 Å². The van der Waals surface area contributed by atoms with Gasteiger partial charge in [0.25, 0.3) is 0 Å². The van der Waals surface area contributed by atoms with Crippen LogP contribution in [0, 0.1) is 0 Å². The van der Waals surface area contributed by atoms with E-state index in [1.807, 2.05) is 0 Å². The second kappa shape index (κ2) is 11.5. The summed E-state index contributed by atoms with van der Waals surface area (Å²) in [4.78, 5) is 0. The van der Waals surface area contributed by atoms with Crippen LogP contribution in [-0.4, -0.2) is 0 Å². The number of allylic oxidation sites excluding steroid dienone is 4. The summed E-state index contributed by atoms with van der Waals surface area (Å²) in [5.74, 6) is 0. The molecule has 212 valence electrons. The Bertz CT molecular complexity index is 2030. The van der Waals surface area contributed by atoms with Gasteiger partial charge in [-0.2, -0.15) is 0 Å². The van der Waals surface area contributed by atoms with Gasteiger partial charge >= 0.3 is 0 Å². The highest BCUT2D eigenvalue weighted by atomic mass is 14.4. The number of hydrogen-bond acceptors (Lipinski definition) is 0. The van der Waals surface area contributed by atoms with E-state index >= 15 is 0 Å². The Labute approximate surface area is 261 Å². The molecule has 0 spiro atoms. The molecule has 0 heterocycles. The number of benzene rings is 4. The molecule has 0 nitrogen and oxygen atoms in total.